The van der Waals surface area contributed by atoms with Gasteiger partial charge in [0.2, 0.25) is 5.96 Å². The number of aliphatic imine (C=N–C) groups is 1. The van der Waals surface area contributed by atoms with Gasteiger partial charge in [0, 0.05) is 17.7 Å². The number of fused-ring (bicyclic) bond motifs is 1. The van der Waals surface area contributed by atoms with Crippen LogP contribution >= 0.6 is 0 Å². The monoisotopic (exact) mass is 404 g/mol. The predicted molar refractivity (Wildman–Crippen MR) is 112 cm³/mol. The summed E-state index contributed by atoms with van der Waals surface area (Å²) in [6.45, 7) is 4.14. The van der Waals surface area contributed by atoms with E-state index >= 15 is 0 Å². The standard InChI is InChI=1S/C23H21FN4O2/c1-23(2)11-16-19(17(29)12-23)20(13-7-9-14(24)10-8-13)27-21(25-16)28-22-26-15-5-3-4-6-18(15)30-22/h3-10,20H,11-12H2,1-2H3,(H2,25,26,27,28). The summed E-state index contributed by atoms with van der Waals surface area (Å²) in [5.74, 6) is 0.180. The van der Waals surface area contributed by atoms with Crippen molar-refractivity contribution in [3.63, 3.8) is 0 Å². The zero-order chi connectivity index (χ0) is 20.9. The molecule has 30 heavy (non-hydrogen) atoms. The summed E-state index contributed by atoms with van der Waals surface area (Å²) in [5.41, 5.74) is 3.48. The van der Waals surface area contributed by atoms with E-state index in [0.29, 0.717) is 36.0 Å². The fourth-order valence-electron chi connectivity index (χ4n) is 4.11. The van der Waals surface area contributed by atoms with Gasteiger partial charge in [-0.1, -0.05) is 38.1 Å². The number of hydrogen-bond acceptors (Lipinski definition) is 6. The number of nitrogens with zero attached hydrogens (tertiary/aromatic N) is 2. The van der Waals surface area contributed by atoms with E-state index in [1.54, 1.807) is 12.1 Å². The number of oxazole rings is 1. The number of anilines is 1. The maximum Gasteiger partial charge on any atom is 0.302 e. The van der Waals surface area contributed by atoms with Crippen molar-refractivity contribution in [1.29, 1.82) is 0 Å². The van der Waals surface area contributed by atoms with Crippen LogP contribution in [0.1, 0.15) is 38.3 Å². The summed E-state index contributed by atoms with van der Waals surface area (Å²) < 4.78 is 19.2. The van der Waals surface area contributed by atoms with Gasteiger partial charge in [0.25, 0.3) is 0 Å². The second kappa shape index (κ2) is 6.79. The van der Waals surface area contributed by atoms with Gasteiger partial charge in [-0.25, -0.2) is 9.38 Å². The van der Waals surface area contributed by atoms with Crippen molar-refractivity contribution in [2.24, 2.45) is 10.4 Å². The Bertz CT molecular complexity index is 1170. The average Bonchev–Trinajstić information content (AvgIpc) is 3.09. The second-order valence-electron chi connectivity index (χ2n) is 8.50. The number of ketones is 1. The number of carbonyl (C=O) groups excluding carboxylic acids is 1. The summed E-state index contributed by atoms with van der Waals surface area (Å²) in [6.07, 6.45) is 1.16. The van der Waals surface area contributed by atoms with E-state index in [9.17, 15) is 9.18 Å². The Morgan fingerprint density at radius 1 is 1.13 bits per heavy atom. The Labute approximate surface area is 172 Å². The number of hydrogen-bond donors (Lipinski definition) is 2. The fourth-order valence-corrected chi connectivity index (χ4v) is 4.11. The SMILES string of the molecule is CC1(C)CC(=O)C2=C(C1)NC(Nc1nc3ccccc3o1)=NC2c1ccc(F)cc1. The second-order valence-corrected chi connectivity index (χ2v) is 8.50. The molecule has 3 aromatic rings. The van der Waals surface area contributed by atoms with E-state index in [1.165, 1.54) is 12.1 Å². The molecule has 0 amide bonds. The molecule has 0 spiro atoms. The van der Waals surface area contributed by atoms with Crippen molar-refractivity contribution in [2.45, 2.75) is 32.7 Å². The molecule has 152 valence electrons. The van der Waals surface area contributed by atoms with Gasteiger partial charge >= 0.3 is 6.01 Å². The summed E-state index contributed by atoms with van der Waals surface area (Å²) >= 11 is 0. The molecule has 0 fully saturated rings. The van der Waals surface area contributed by atoms with E-state index in [-0.39, 0.29) is 17.0 Å². The highest BCUT2D eigenvalue weighted by Crippen LogP contribution is 2.42. The molecule has 2 heterocycles. The number of guanidine groups is 1. The molecule has 1 unspecified atom stereocenters. The Hall–Kier alpha value is -3.48. The smallest absolute Gasteiger partial charge is 0.302 e. The molecule has 5 rings (SSSR count). The molecule has 0 saturated heterocycles. The van der Waals surface area contributed by atoms with Crippen LogP contribution in [0.3, 0.4) is 0 Å². The van der Waals surface area contributed by atoms with Crippen LogP contribution in [-0.4, -0.2) is 16.7 Å². The number of nitrogens with one attached hydrogen (secondary N) is 2. The van der Waals surface area contributed by atoms with Crippen molar-refractivity contribution in [2.75, 3.05) is 5.32 Å². The van der Waals surface area contributed by atoms with Crippen LogP contribution in [0.2, 0.25) is 0 Å². The molecular weight excluding hydrogens is 383 g/mol. The van der Waals surface area contributed by atoms with Crippen molar-refractivity contribution >= 4 is 28.9 Å². The summed E-state index contributed by atoms with van der Waals surface area (Å²) in [5, 5.41) is 6.37. The third-order valence-electron chi connectivity index (χ3n) is 5.43. The highest BCUT2D eigenvalue weighted by Gasteiger charge is 2.39. The Morgan fingerprint density at radius 3 is 2.67 bits per heavy atom. The van der Waals surface area contributed by atoms with Gasteiger partial charge in [0.05, 0.1) is 0 Å². The fraction of sp³-hybridized carbons (Fsp3) is 0.261. The van der Waals surface area contributed by atoms with Crippen molar-refractivity contribution in [1.82, 2.24) is 10.3 Å². The topological polar surface area (TPSA) is 79.5 Å². The molecule has 6 nitrogen and oxygen atoms in total. The lowest BCUT2D eigenvalue weighted by molar-refractivity contribution is -0.118. The lowest BCUT2D eigenvalue weighted by Gasteiger charge is -2.37. The molecule has 0 radical (unpaired) electrons. The molecule has 2 aromatic carbocycles. The number of para-hydroxylation sites is 2. The average molecular weight is 404 g/mol. The highest BCUT2D eigenvalue weighted by atomic mass is 19.1. The normalized spacial score (nSPS) is 20.6. The number of carbonyl (C=O) groups is 1. The number of benzene rings is 2. The summed E-state index contributed by atoms with van der Waals surface area (Å²) in [6, 6.07) is 13.4. The lowest BCUT2D eigenvalue weighted by Crippen LogP contribution is -2.41. The van der Waals surface area contributed by atoms with Crippen LogP contribution in [0.4, 0.5) is 10.4 Å². The molecule has 1 aromatic heterocycles. The number of rotatable bonds is 2. The molecule has 7 heteroatoms. The summed E-state index contributed by atoms with van der Waals surface area (Å²) in [4.78, 5) is 22.1. The van der Waals surface area contributed by atoms with E-state index in [2.05, 4.69) is 29.5 Å². The number of aromatic nitrogens is 1. The minimum Gasteiger partial charge on any atom is -0.423 e. The first kappa shape index (κ1) is 18.5. The molecular formula is C23H21FN4O2. The molecule has 1 aliphatic carbocycles. The predicted octanol–water partition coefficient (Wildman–Crippen LogP) is 4.72. The summed E-state index contributed by atoms with van der Waals surface area (Å²) in [7, 11) is 0. The van der Waals surface area contributed by atoms with E-state index in [0.717, 1.165) is 16.8 Å². The van der Waals surface area contributed by atoms with E-state index in [1.807, 2.05) is 24.3 Å². The van der Waals surface area contributed by atoms with Crippen LogP contribution in [0, 0.1) is 11.2 Å². The third-order valence-corrected chi connectivity index (χ3v) is 5.43. The van der Waals surface area contributed by atoms with Gasteiger partial charge in [-0.2, -0.15) is 4.98 Å². The molecule has 1 aliphatic heterocycles. The van der Waals surface area contributed by atoms with Gasteiger partial charge in [0.1, 0.15) is 17.4 Å². The van der Waals surface area contributed by atoms with Crippen LogP contribution < -0.4 is 10.6 Å². The number of Topliss-reactive ketones (excluding diaryl/α,β-unsaturated/α-hetero) is 1. The number of halogens is 1. The lowest BCUT2D eigenvalue weighted by atomic mass is 9.73. The van der Waals surface area contributed by atoms with Gasteiger partial charge in [-0.05, 0) is 41.7 Å². The zero-order valence-electron chi connectivity index (χ0n) is 16.7. The maximum absolute atomic E-state index is 13.5. The van der Waals surface area contributed by atoms with Crippen LogP contribution in [0.5, 0.6) is 0 Å². The quantitative estimate of drug-likeness (QED) is 0.646. The van der Waals surface area contributed by atoms with Crippen LogP contribution in [-0.2, 0) is 4.79 Å². The minimum absolute atomic E-state index is 0.0627. The van der Waals surface area contributed by atoms with E-state index < -0.39 is 6.04 Å². The molecule has 0 bridgehead atoms. The maximum atomic E-state index is 13.5. The first-order valence-electron chi connectivity index (χ1n) is 9.87. The van der Waals surface area contributed by atoms with Gasteiger partial charge in [-0.15, -0.1) is 0 Å². The first-order chi connectivity index (χ1) is 14.4. The third kappa shape index (κ3) is 3.36. The van der Waals surface area contributed by atoms with Gasteiger partial charge < -0.3 is 9.73 Å². The Kier molecular flexibility index (Phi) is 4.20. The molecule has 2 N–H and O–H groups in total. The number of allylic oxidation sites excluding steroid dienone is 1. The molecule has 0 saturated carbocycles. The zero-order valence-corrected chi connectivity index (χ0v) is 16.7. The first-order valence-corrected chi connectivity index (χ1v) is 9.87. The van der Waals surface area contributed by atoms with Crippen molar-refractivity contribution in [3.05, 3.63) is 71.2 Å². The molecule has 2 aliphatic rings. The van der Waals surface area contributed by atoms with Crippen LogP contribution in [0.25, 0.3) is 11.1 Å². The van der Waals surface area contributed by atoms with E-state index in [4.69, 9.17) is 9.41 Å². The van der Waals surface area contributed by atoms with Crippen molar-refractivity contribution in [3.8, 4) is 0 Å². The Morgan fingerprint density at radius 2 is 1.90 bits per heavy atom. The largest absolute Gasteiger partial charge is 0.423 e. The van der Waals surface area contributed by atoms with Gasteiger partial charge in [0.15, 0.2) is 11.4 Å². The highest BCUT2D eigenvalue weighted by molar-refractivity contribution is 6.03. The van der Waals surface area contributed by atoms with Crippen LogP contribution in [0.15, 0.2) is 69.2 Å². The van der Waals surface area contributed by atoms with Crippen molar-refractivity contribution < 1.29 is 13.6 Å². The minimum atomic E-state index is -0.516. The van der Waals surface area contributed by atoms with Gasteiger partial charge in [-0.3, -0.25) is 10.1 Å². The molecule has 1 atom stereocenters. The Balaban J connectivity index is 1.54.